The summed E-state index contributed by atoms with van der Waals surface area (Å²) in [4.78, 5) is 8.89. The fraction of sp³-hybridized carbons (Fsp3) is 0.500. The molecule has 0 amide bonds. The minimum absolute atomic E-state index is 0. The molecule has 0 aliphatic heterocycles. The van der Waals surface area contributed by atoms with Crippen LogP contribution in [0.2, 0.25) is 0 Å². The molecule has 0 N–H and O–H groups in total. The summed E-state index contributed by atoms with van der Waals surface area (Å²) in [6.07, 6.45) is 0. The molecule has 0 rings (SSSR count). The summed E-state index contributed by atoms with van der Waals surface area (Å²) in [6, 6.07) is 0. The van der Waals surface area contributed by atoms with E-state index in [1.807, 2.05) is 0 Å². The molecule has 2 nitrogen and oxygen atoms in total. The van der Waals surface area contributed by atoms with Gasteiger partial charge in [-0.15, -0.1) is 0 Å². The van der Waals surface area contributed by atoms with E-state index in [2.05, 4.69) is 0 Å². The average Bonchev–Trinajstić information content (AvgIpc) is 0.811. The third-order valence-electron chi connectivity index (χ3n) is 0. The van der Waals surface area contributed by atoms with Gasteiger partial charge in [-0.2, -0.15) is 0 Å². The third kappa shape index (κ3) is 193. The first kappa shape index (κ1) is 24.6. The Hall–Kier alpha value is 0.937. The first-order chi connectivity index (χ1) is 1.73. The maximum absolute atomic E-state index is 8.89. The SMILES string of the molecule is CC(=O)[O-].[Br-].[Ni+2].[Ni+2]. The van der Waals surface area contributed by atoms with Gasteiger partial charge in [-0.05, 0) is 6.92 Å². The number of rotatable bonds is 0. The molecular weight excluding hydrogens is 253 g/mol. The molecule has 7 heavy (non-hydrogen) atoms. The van der Waals surface area contributed by atoms with Crippen LogP contribution in [0.5, 0.6) is 0 Å². The largest absolute Gasteiger partial charge is 2.00 e. The van der Waals surface area contributed by atoms with Crippen LogP contribution in [0.1, 0.15) is 6.92 Å². The molecule has 0 atom stereocenters. The van der Waals surface area contributed by atoms with Crippen molar-refractivity contribution in [2.75, 3.05) is 0 Å². The molecular formula is C2H3BrNi2O2+2. The fourth-order valence-electron chi connectivity index (χ4n) is 0. The Bertz CT molecular complexity index is 36.7. The van der Waals surface area contributed by atoms with Gasteiger partial charge in [-0.3, -0.25) is 0 Å². The van der Waals surface area contributed by atoms with Crippen molar-refractivity contribution in [2.45, 2.75) is 6.92 Å². The van der Waals surface area contributed by atoms with Gasteiger partial charge in [-0.25, -0.2) is 0 Å². The Balaban J connectivity index is -0.0000000150. The number of halogens is 1. The third-order valence-corrected chi connectivity index (χ3v) is 0. The quantitative estimate of drug-likeness (QED) is 0.412. The van der Waals surface area contributed by atoms with E-state index >= 15 is 0 Å². The van der Waals surface area contributed by atoms with Crippen molar-refractivity contribution in [3.63, 3.8) is 0 Å². The van der Waals surface area contributed by atoms with Gasteiger partial charge in [-0.1, -0.05) is 0 Å². The molecule has 0 unspecified atom stereocenters. The second-order valence-electron chi connectivity index (χ2n) is 0.492. The predicted octanol–water partition coefficient (Wildman–Crippen LogP) is -4.24. The second kappa shape index (κ2) is 15.8. The van der Waals surface area contributed by atoms with Crippen molar-refractivity contribution >= 4 is 5.97 Å². The molecule has 0 aliphatic rings. The Morgan fingerprint density at radius 1 is 1.43 bits per heavy atom. The van der Waals surface area contributed by atoms with E-state index < -0.39 is 5.97 Å². The topological polar surface area (TPSA) is 40.1 Å². The zero-order chi connectivity index (χ0) is 3.58. The monoisotopic (exact) mass is 254 g/mol. The van der Waals surface area contributed by atoms with Crippen LogP contribution in [-0.2, 0) is 37.8 Å². The second-order valence-corrected chi connectivity index (χ2v) is 0.492. The van der Waals surface area contributed by atoms with Crippen molar-refractivity contribution in [1.82, 2.24) is 0 Å². The number of aliphatic carboxylic acids is 1. The van der Waals surface area contributed by atoms with Gasteiger partial charge in [0.15, 0.2) is 0 Å². The maximum Gasteiger partial charge on any atom is 2.00 e. The minimum atomic E-state index is -1.08. The van der Waals surface area contributed by atoms with E-state index in [0.717, 1.165) is 6.92 Å². The summed E-state index contributed by atoms with van der Waals surface area (Å²) in [5.41, 5.74) is 0. The molecule has 0 aromatic rings. The molecule has 0 saturated heterocycles. The summed E-state index contributed by atoms with van der Waals surface area (Å²) in [6.45, 7) is 0.972. The number of carboxylic acid groups (broad SMARTS) is 1. The van der Waals surface area contributed by atoms with Crippen molar-refractivity contribution < 1.29 is 59.9 Å². The van der Waals surface area contributed by atoms with Gasteiger partial charge in [0.25, 0.3) is 0 Å². The minimum Gasteiger partial charge on any atom is -1.00 e. The summed E-state index contributed by atoms with van der Waals surface area (Å²) in [5.74, 6) is -1.08. The van der Waals surface area contributed by atoms with Gasteiger partial charge in [0.2, 0.25) is 0 Å². The number of carbonyl (C=O) groups is 1. The van der Waals surface area contributed by atoms with E-state index in [-0.39, 0.29) is 50.0 Å². The molecule has 0 aliphatic carbocycles. The van der Waals surface area contributed by atoms with Crippen LogP contribution < -0.4 is 22.1 Å². The Labute approximate surface area is 72.7 Å². The zero-order valence-corrected chi connectivity index (χ0v) is 6.89. The molecule has 48 valence electrons. The molecule has 0 saturated carbocycles. The van der Waals surface area contributed by atoms with Crippen molar-refractivity contribution in [2.24, 2.45) is 0 Å². The fourth-order valence-corrected chi connectivity index (χ4v) is 0. The summed E-state index contributed by atoms with van der Waals surface area (Å²) >= 11 is 0. The van der Waals surface area contributed by atoms with Gasteiger partial charge >= 0.3 is 33.0 Å². The standard InChI is InChI=1S/C2H4O2.BrH.2Ni/c1-2(3)4;;;/h1H3,(H,3,4);1H;;/q;;2*+2/p-2. The number of hydrogen-bond donors (Lipinski definition) is 0. The maximum atomic E-state index is 8.89. The van der Waals surface area contributed by atoms with E-state index in [1.165, 1.54) is 0 Å². The summed E-state index contributed by atoms with van der Waals surface area (Å²) < 4.78 is 0. The van der Waals surface area contributed by atoms with Gasteiger partial charge in [0.05, 0.1) is 0 Å². The average molecular weight is 256 g/mol. The summed E-state index contributed by atoms with van der Waals surface area (Å²) in [7, 11) is 0. The Morgan fingerprint density at radius 3 is 1.43 bits per heavy atom. The first-order valence-corrected chi connectivity index (χ1v) is 0.908. The van der Waals surface area contributed by atoms with Crippen molar-refractivity contribution in [3.05, 3.63) is 0 Å². The molecule has 5 heteroatoms. The predicted molar refractivity (Wildman–Crippen MR) is 10.7 cm³/mol. The van der Waals surface area contributed by atoms with Gasteiger partial charge in [0, 0.05) is 5.97 Å². The van der Waals surface area contributed by atoms with E-state index in [9.17, 15) is 0 Å². The molecule has 0 spiro atoms. The molecule has 0 aromatic carbocycles. The molecule has 0 bridgehead atoms. The van der Waals surface area contributed by atoms with E-state index in [4.69, 9.17) is 9.90 Å². The van der Waals surface area contributed by atoms with Crippen LogP contribution in [0.3, 0.4) is 0 Å². The normalized spacial score (nSPS) is 3.57. The zero-order valence-electron chi connectivity index (χ0n) is 3.33. The Morgan fingerprint density at radius 2 is 1.43 bits per heavy atom. The molecule has 0 heterocycles. The van der Waals surface area contributed by atoms with Crippen LogP contribution in [-0.4, -0.2) is 5.97 Å². The van der Waals surface area contributed by atoms with Crippen LogP contribution in [0.15, 0.2) is 0 Å². The van der Waals surface area contributed by atoms with Gasteiger partial charge in [0.1, 0.15) is 0 Å². The summed E-state index contributed by atoms with van der Waals surface area (Å²) in [5, 5.41) is 8.89. The van der Waals surface area contributed by atoms with Crippen LogP contribution in [0.4, 0.5) is 0 Å². The van der Waals surface area contributed by atoms with Gasteiger partial charge < -0.3 is 26.9 Å². The van der Waals surface area contributed by atoms with Crippen LogP contribution >= 0.6 is 0 Å². The van der Waals surface area contributed by atoms with E-state index in [1.54, 1.807) is 0 Å². The number of hydrogen-bond acceptors (Lipinski definition) is 2. The molecule has 0 fully saturated rings. The molecule has 0 radical (unpaired) electrons. The smallest absolute Gasteiger partial charge is 1.00 e. The Kier molecular flexibility index (Phi) is 55.5. The van der Waals surface area contributed by atoms with Crippen LogP contribution in [0.25, 0.3) is 0 Å². The first-order valence-electron chi connectivity index (χ1n) is 0.908. The molecule has 0 aromatic heterocycles. The van der Waals surface area contributed by atoms with Crippen molar-refractivity contribution in [1.29, 1.82) is 0 Å². The van der Waals surface area contributed by atoms with Crippen molar-refractivity contribution in [3.8, 4) is 0 Å². The van der Waals surface area contributed by atoms with Crippen LogP contribution in [0, 0.1) is 0 Å². The van der Waals surface area contributed by atoms with E-state index in [0.29, 0.717) is 0 Å². The number of carboxylic acids is 1. The number of carbonyl (C=O) groups excluding carboxylic acids is 1.